The lowest BCUT2D eigenvalue weighted by Gasteiger charge is -2.38. The van der Waals surface area contributed by atoms with Crippen molar-refractivity contribution in [2.45, 2.75) is 26.2 Å². The van der Waals surface area contributed by atoms with Crippen LogP contribution >= 0.6 is 0 Å². The number of rotatable bonds is 3. The summed E-state index contributed by atoms with van der Waals surface area (Å²) in [5.74, 6) is -1.30. The molecule has 108 valence electrons. The van der Waals surface area contributed by atoms with Crippen LogP contribution in [0.1, 0.15) is 36.7 Å². The van der Waals surface area contributed by atoms with Gasteiger partial charge in [-0.1, -0.05) is 6.92 Å². The van der Waals surface area contributed by atoms with Crippen LogP contribution < -0.4 is 0 Å². The molecule has 0 saturated carbocycles. The van der Waals surface area contributed by atoms with Crippen LogP contribution in [0.5, 0.6) is 5.75 Å². The number of aliphatic carboxylic acids is 1. The third kappa shape index (κ3) is 2.45. The molecule has 0 aliphatic carbocycles. The number of likely N-dealkylation sites (tertiary alicyclic amines) is 1. The molecule has 6 heteroatoms. The van der Waals surface area contributed by atoms with Gasteiger partial charge in [-0.25, -0.2) is 4.98 Å². The van der Waals surface area contributed by atoms with E-state index in [2.05, 4.69) is 4.98 Å². The van der Waals surface area contributed by atoms with Crippen molar-refractivity contribution in [1.82, 2.24) is 9.88 Å². The minimum absolute atomic E-state index is 0.0202. The highest BCUT2D eigenvalue weighted by molar-refractivity contribution is 5.95. The fraction of sp³-hybridized carbons (Fsp3) is 0.500. The fourth-order valence-corrected chi connectivity index (χ4v) is 2.57. The number of hydrogen-bond acceptors (Lipinski definition) is 4. The molecule has 0 aromatic carbocycles. The van der Waals surface area contributed by atoms with Gasteiger partial charge in [0, 0.05) is 19.3 Å². The first-order valence-electron chi connectivity index (χ1n) is 6.67. The predicted molar refractivity (Wildman–Crippen MR) is 71.4 cm³/mol. The molecule has 0 radical (unpaired) electrons. The van der Waals surface area contributed by atoms with E-state index in [0.717, 1.165) is 0 Å². The number of carbonyl (C=O) groups excluding carboxylic acids is 1. The molecule has 2 rings (SSSR count). The van der Waals surface area contributed by atoms with Gasteiger partial charge in [0.25, 0.3) is 5.91 Å². The summed E-state index contributed by atoms with van der Waals surface area (Å²) in [6.07, 6.45) is 2.86. The van der Waals surface area contributed by atoms with Crippen LogP contribution in [-0.2, 0) is 4.79 Å². The SMILES string of the molecule is CCC1(C(=O)O)CCN(C(=O)c2ncccc2O)CC1. The molecule has 0 unspecified atom stereocenters. The van der Waals surface area contributed by atoms with Crippen molar-refractivity contribution in [2.75, 3.05) is 13.1 Å². The van der Waals surface area contributed by atoms with Gasteiger partial charge in [0.05, 0.1) is 5.41 Å². The normalized spacial score (nSPS) is 17.8. The maximum atomic E-state index is 12.2. The number of aromatic nitrogens is 1. The third-order valence-corrected chi connectivity index (χ3v) is 4.13. The average molecular weight is 278 g/mol. The first kappa shape index (κ1) is 14.3. The molecule has 0 bridgehead atoms. The lowest BCUT2D eigenvalue weighted by molar-refractivity contribution is -0.152. The zero-order valence-electron chi connectivity index (χ0n) is 11.4. The van der Waals surface area contributed by atoms with Crippen molar-refractivity contribution in [3.63, 3.8) is 0 Å². The summed E-state index contributed by atoms with van der Waals surface area (Å²) in [7, 11) is 0. The van der Waals surface area contributed by atoms with Crippen molar-refractivity contribution in [2.24, 2.45) is 5.41 Å². The average Bonchev–Trinajstić information content (AvgIpc) is 2.47. The van der Waals surface area contributed by atoms with E-state index in [9.17, 15) is 19.8 Å². The van der Waals surface area contributed by atoms with Crippen molar-refractivity contribution >= 4 is 11.9 Å². The maximum absolute atomic E-state index is 12.2. The number of hydrogen-bond donors (Lipinski definition) is 2. The number of carboxylic acid groups (broad SMARTS) is 1. The van der Waals surface area contributed by atoms with E-state index in [1.54, 1.807) is 11.0 Å². The zero-order chi connectivity index (χ0) is 14.8. The minimum atomic E-state index is -0.798. The molecular weight excluding hydrogens is 260 g/mol. The Balaban J connectivity index is 2.10. The van der Waals surface area contributed by atoms with E-state index in [0.29, 0.717) is 32.4 Å². The molecule has 1 fully saturated rings. The van der Waals surface area contributed by atoms with E-state index in [-0.39, 0.29) is 17.4 Å². The van der Waals surface area contributed by atoms with Crippen LogP contribution in [0.15, 0.2) is 18.3 Å². The van der Waals surface area contributed by atoms with Crippen LogP contribution in [-0.4, -0.2) is 45.1 Å². The highest BCUT2D eigenvalue weighted by Crippen LogP contribution is 2.35. The second kappa shape index (κ2) is 5.48. The first-order chi connectivity index (χ1) is 9.50. The first-order valence-corrected chi connectivity index (χ1v) is 6.67. The second-order valence-electron chi connectivity index (χ2n) is 5.10. The number of carbonyl (C=O) groups is 2. The molecule has 0 atom stereocenters. The molecule has 20 heavy (non-hydrogen) atoms. The molecule has 1 aliphatic heterocycles. The smallest absolute Gasteiger partial charge is 0.309 e. The fourth-order valence-electron chi connectivity index (χ4n) is 2.57. The van der Waals surface area contributed by atoms with Gasteiger partial charge in [-0.2, -0.15) is 0 Å². The Bertz CT molecular complexity index is 522. The van der Waals surface area contributed by atoms with Gasteiger partial charge < -0.3 is 15.1 Å². The summed E-state index contributed by atoms with van der Waals surface area (Å²) in [4.78, 5) is 29.0. The van der Waals surface area contributed by atoms with E-state index in [4.69, 9.17) is 0 Å². The molecule has 1 aromatic rings. The molecule has 2 N–H and O–H groups in total. The third-order valence-electron chi connectivity index (χ3n) is 4.13. The van der Waals surface area contributed by atoms with Gasteiger partial charge in [0.1, 0.15) is 5.75 Å². The summed E-state index contributed by atoms with van der Waals surface area (Å²) < 4.78 is 0. The summed E-state index contributed by atoms with van der Waals surface area (Å²) in [6.45, 7) is 2.60. The highest BCUT2D eigenvalue weighted by Gasteiger charge is 2.41. The van der Waals surface area contributed by atoms with Crippen LogP contribution in [0.25, 0.3) is 0 Å². The summed E-state index contributed by atoms with van der Waals surface area (Å²) in [5.41, 5.74) is -0.713. The van der Waals surface area contributed by atoms with Gasteiger partial charge in [-0.15, -0.1) is 0 Å². The Labute approximate surface area is 117 Å². The molecule has 6 nitrogen and oxygen atoms in total. The van der Waals surface area contributed by atoms with Crippen LogP contribution in [0.4, 0.5) is 0 Å². The summed E-state index contributed by atoms with van der Waals surface area (Å²) in [6, 6.07) is 2.96. The number of carboxylic acids is 1. The molecule has 1 aromatic heterocycles. The van der Waals surface area contributed by atoms with E-state index in [1.165, 1.54) is 12.3 Å². The monoisotopic (exact) mass is 278 g/mol. The largest absolute Gasteiger partial charge is 0.505 e. The zero-order valence-corrected chi connectivity index (χ0v) is 11.4. The number of pyridine rings is 1. The summed E-state index contributed by atoms with van der Waals surface area (Å²) >= 11 is 0. The number of piperidine rings is 1. The van der Waals surface area contributed by atoms with Crippen LogP contribution in [0.2, 0.25) is 0 Å². The lowest BCUT2D eigenvalue weighted by Crippen LogP contribution is -2.46. The van der Waals surface area contributed by atoms with Crippen molar-refractivity contribution in [3.8, 4) is 5.75 Å². The molecule has 1 amide bonds. The topological polar surface area (TPSA) is 90.7 Å². The number of nitrogens with zero attached hydrogens (tertiary/aromatic N) is 2. The molecule has 1 saturated heterocycles. The Hall–Kier alpha value is -2.11. The Morgan fingerprint density at radius 1 is 1.40 bits per heavy atom. The van der Waals surface area contributed by atoms with E-state index < -0.39 is 11.4 Å². The van der Waals surface area contributed by atoms with Gasteiger partial charge in [-0.3, -0.25) is 9.59 Å². The Morgan fingerprint density at radius 2 is 2.05 bits per heavy atom. The molecular formula is C14H18N2O4. The van der Waals surface area contributed by atoms with E-state index in [1.807, 2.05) is 6.92 Å². The Kier molecular flexibility index (Phi) is 3.92. The van der Waals surface area contributed by atoms with Crippen molar-refractivity contribution < 1.29 is 19.8 Å². The van der Waals surface area contributed by atoms with Gasteiger partial charge in [0.15, 0.2) is 5.69 Å². The van der Waals surface area contributed by atoms with Crippen molar-refractivity contribution in [1.29, 1.82) is 0 Å². The minimum Gasteiger partial charge on any atom is -0.505 e. The Morgan fingerprint density at radius 3 is 2.55 bits per heavy atom. The van der Waals surface area contributed by atoms with Crippen LogP contribution in [0.3, 0.4) is 0 Å². The van der Waals surface area contributed by atoms with E-state index >= 15 is 0 Å². The highest BCUT2D eigenvalue weighted by atomic mass is 16.4. The van der Waals surface area contributed by atoms with Gasteiger partial charge in [0.2, 0.25) is 0 Å². The quantitative estimate of drug-likeness (QED) is 0.874. The number of aromatic hydroxyl groups is 1. The molecule has 1 aliphatic rings. The van der Waals surface area contributed by atoms with Gasteiger partial charge >= 0.3 is 5.97 Å². The van der Waals surface area contributed by atoms with Gasteiger partial charge in [-0.05, 0) is 31.4 Å². The lowest BCUT2D eigenvalue weighted by atomic mass is 9.76. The standard InChI is InChI=1S/C14H18N2O4/c1-2-14(13(19)20)5-8-16(9-6-14)12(18)11-10(17)4-3-7-15-11/h3-4,7,17H,2,5-6,8-9H2,1H3,(H,19,20). The predicted octanol–water partition coefficient (Wildman–Crippen LogP) is 1.50. The summed E-state index contributed by atoms with van der Waals surface area (Å²) in [5, 5.41) is 19.0. The number of amides is 1. The maximum Gasteiger partial charge on any atom is 0.309 e. The van der Waals surface area contributed by atoms with Crippen LogP contribution in [0, 0.1) is 5.41 Å². The second-order valence-corrected chi connectivity index (χ2v) is 5.10. The van der Waals surface area contributed by atoms with Crippen molar-refractivity contribution in [3.05, 3.63) is 24.0 Å². The molecule has 0 spiro atoms. The molecule has 2 heterocycles.